The first-order chi connectivity index (χ1) is 12.6. The highest BCUT2D eigenvalue weighted by Gasteiger charge is 2.38. The highest BCUT2D eigenvalue weighted by atomic mass is 35.5. The first-order valence-electron chi connectivity index (χ1n) is 9.18. The molecule has 27 heavy (non-hydrogen) atoms. The Bertz CT molecular complexity index is 636. The zero-order valence-corrected chi connectivity index (χ0v) is 17.9. The lowest BCUT2D eigenvalue weighted by molar-refractivity contribution is -0.136. The summed E-state index contributed by atoms with van der Waals surface area (Å²) < 4.78 is 0. The lowest BCUT2D eigenvalue weighted by Crippen LogP contribution is -2.51. The van der Waals surface area contributed by atoms with Crippen LogP contribution in [-0.2, 0) is 4.79 Å². The number of rotatable bonds is 5. The number of amides is 2. The van der Waals surface area contributed by atoms with Crippen LogP contribution >= 0.6 is 35.8 Å². The zero-order chi connectivity index (χ0) is 18.5. The van der Waals surface area contributed by atoms with Crippen molar-refractivity contribution in [3.63, 3.8) is 0 Å². The number of carbonyl (C=O) groups is 2. The van der Waals surface area contributed by atoms with Crippen molar-refractivity contribution in [3.8, 4) is 0 Å². The number of hydrogen-bond donors (Lipinski definition) is 1. The maximum absolute atomic E-state index is 13.0. The minimum atomic E-state index is -0.350. The summed E-state index contributed by atoms with van der Waals surface area (Å²) in [4.78, 5) is 29.5. The second-order valence-electron chi connectivity index (χ2n) is 6.96. The molecule has 150 valence electrons. The highest BCUT2D eigenvalue weighted by molar-refractivity contribution is 7.99. The summed E-state index contributed by atoms with van der Waals surface area (Å²) in [5, 5.41) is 3.80. The van der Waals surface area contributed by atoms with Crippen LogP contribution in [0, 0.1) is 5.92 Å². The Morgan fingerprint density at radius 1 is 1.22 bits per heavy atom. The van der Waals surface area contributed by atoms with Gasteiger partial charge in [-0.3, -0.25) is 9.59 Å². The summed E-state index contributed by atoms with van der Waals surface area (Å²) in [5.74, 6) is 1.95. The summed E-state index contributed by atoms with van der Waals surface area (Å²) in [6.45, 7) is 2.63. The third kappa shape index (κ3) is 5.53. The molecule has 2 amide bonds. The van der Waals surface area contributed by atoms with Crippen LogP contribution in [0.5, 0.6) is 0 Å². The van der Waals surface area contributed by atoms with Crippen molar-refractivity contribution in [2.75, 3.05) is 38.3 Å². The molecule has 5 nitrogen and oxygen atoms in total. The van der Waals surface area contributed by atoms with Gasteiger partial charge in [0.1, 0.15) is 6.04 Å². The Kier molecular flexibility index (Phi) is 8.73. The molecule has 2 aliphatic heterocycles. The molecule has 2 heterocycles. The molecule has 1 aromatic carbocycles. The number of piperidine rings is 1. The van der Waals surface area contributed by atoms with Gasteiger partial charge < -0.3 is 15.1 Å². The topological polar surface area (TPSA) is 52.7 Å². The third-order valence-electron chi connectivity index (χ3n) is 5.25. The summed E-state index contributed by atoms with van der Waals surface area (Å²) in [5.41, 5.74) is 0.584. The van der Waals surface area contributed by atoms with Crippen molar-refractivity contribution < 1.29 is 9.59 Å². The van der Waals surface area contributed by atoms with Crippen molar-refractivity contribution in [3.05, 3.63) is 34.9 Å². The second kappa shape index (κ2) is 10.6. The number of hydrogen-bond acceptors (Lipinski definition) is 4. The van der Waals surface area contributed by atoms with E-state index in [-0.39, 0.29) is 30.3 Å². The van der Waals surface area contributed by atoms with Gasteiger partial charge in [-0.05, 0) is 63.0 Å². The van der Waals surface area contributed by atoms with Gasteiger partial charge in [-0.15, -0.1) is 24.2 Å². The molecule has 2 fully saturated rings. The number of carbonyl (C=O) groups excluding carboxylic acids is 2. The van der Waals surface area contributed by atoms with E-state index in [0.717, 1.165) is 32.5 Å². The Labute approximate surface area is 176 Å². The van der Waals surface area contributed by atoms with Crippen LogP contribution in [0.4, 0.5) is 0 Å². The fourth-order valence-electron chi connectivity index (χ4n) is 3.61. The van der Waals surface area contributed by atoms with Crippen LogP contribution in [0.3, 0.4) is 0 Å². The Balaban J connectivity index is 0.00000261. The number of likely N-dealkylation sites (tertiary alicyclic amines) is 1. The second-order valence-corrected chi connectivity index (χ2v) is 8.39. The first kappa shape index (κ1) is 22.3. The number of nitrogens with zero attached hydrogens (tertiary/aromatic N) is 2. The van der Waals surface area contributed by atoms with Crippen LogP contribution in [-0.4, -0.2) is 66.0 Å². The first-order valence-corrected chi connectivity index (χ1v) is 10.7. The molecule has 0 aliphatic carbocycles. The molecule has 3 rings (SSSR count). The fraction of sp³-hybridized carbons (Fsp3) is 0.579. The largest absolute Gasteiger partial charge is 0.341 e. The molecule has 0 saturated carbocycles. The molecule has 1 unspecified atom stereocenters. The molecule has 2 aliphatic rings. The van der Waals surface area contributed by atoms with E-state index in [9.17, 15) is 9.59 Å². The van der Waals surface area contributed by atoms with Crippen LogP contribution in [0.25, 0.3) is 0 Å². The Morgan fingerprint density at radius 3 is 2.52 bits per heavy atom. The summed E-state index contributed by atoms with van der Waals surface area (Å²) in [7, 11) is 1.97. The normalized spacial score (nSPS) is 20.4. The van der Waals surface area contributed by atoms with E-state index in [4.69, 9.17) is 11.6 Å². The van der Waals surface area contributed by atoms with E-state index in [0.29, 0.717) is 28.1 Å². The van der Waals surface area contributed by atoms with Crippen molar-refractivity contribution >= 4 is 47.6 Å². The van der Waals surface area contributed by atoms with E-state index in [1.54, 1.807) is 40.9 Å². The van der Waals surface area contributed by atoms with Gasteiger partial charge >= 0.3 is 0 Å². The average molecular weight is 432 g/mol. The molecule has 0 spiro atoms. The number of halogens is 2. The average Bonchev–Trinajstić information content (AvgIpc) is 3.16. The minimum Gasteiger partial charge on any atom is -0.341 e. The SMILES string of the molecule is CNCCC1CCN(C(=O)C2CSCN2C(=O)c2ccc(Cl)cc2)CC1.Cl. The molecule has 0 radical (unpaired) electrons. The van der Waals surface area contributed by atoms with Crippen molar-refractivity contribution in [2.45, 2.75) is 25.3 Å². The molecular weight excluding hydrogens is 405 g/mol. The van der Waals surface area contributed by atoms with Gasteiger partial charge in [0.25, 0.3) is 5.91 Å². The smallest absolute Gasteiger partial charge is 0.255 e. The summed E-state index contributed by atoms with van der Waals surface area (Å²) in [6, 6.07) is 6.53. The van der Waals surface area contributed by atoms with E-state index < -0.39 is 0 Å². The molecule has 1 N–H and O–H groups in total. The van der Waals surface area contributed by atoms with Gasteiger partial charge in [0, 0.05) is 29.4 Å². The molecule has 0 bridgehead atoms. The van der Waals surface area contributed by atoms with Gasteiger partial charge in [0.15, 0.2) is 0 Å². The molecular formula is C19H27Cl2N3O2S. The fourth-order valence-corrected chi connectivity index (χ4v) is 4.88. The van der Waals surface area contributed by atoms with Crippen LogP contribution in [0.15, 0.2) is 24.3 Å². The zero-order valence-electron chi connectivity index (χ0n) is 15.5. The number of nitrogens with one attached hydrogen (secondary N) is 1. The lowest BCUT2D eigenvalue weighted by atomic mass is 9.93. The molecule has 1 aromatic rings. The molecule has 0 aromatic heterocycles. The number of benzene rings is 1. The third-order valence-corrected chi connectivity index (χ3v) is 6.51. The van der Waals surface area contributed by atoms with Crippen LogP contribution in [0.1, 0.15) is 29.6 Å². The van der Waals surface area contributed by atoms with Gasteiger partial charge in [0.2, 0.25) is 5.91 Å². The monoisotopic (exact) mass is 431 g/mol. The van der Waals surface area contributed by atoms with E-state index >= 15 is 0 Å². The predicted molar refractivity (Wildman–Crippen MR) is 114 cm³/mol. The van der Waals surface area contributed by atoms with Gasteiger partial charge in [0.05, 0.1) is 5.88 Å². The van der Waals surface area contributed by atoms with Gasteiger partial charge in [-0.25, -0.2) is 0 Å². The minimum absolute atomic E-state index is 0. The van der Waals surface area contributed by atoms with Gasteiger partial charge in [-0.1, -0.05) is 11.6 Å². The molecule has 2 saturated heterocycles. The molecule has 8 heteroatoms. The predicted octanol–water partition coefficient (Wildman–Crippen LogP) is 3.13. The summed E-state index contributed by atoms with van der Waals surface area (Å²) >= 11 is 7.55. The highest BCUT2D eigenvalue weighted by Crippen LogP contribution is 2.27. The maximum atomic E-state index is 13.0. The van der Waals surface area contributed by atoms with Crippen molar-refractivity contribution in [1.82, 2.24) is 15.1 Å². The van der Waals surface area contributed by atoms with Gasteiger partial charge in [-0.2, -0.15) is 0 Å². The van der Waals surface area contributed by atoms with Crippen molar-refractivity contribution in [1.29, 1.82) is 0 Å². The van der Waals surface area contributed by atoms with E-state index in [1.165, 1.54) is 6.42 Å². The van der Waals surface area contributed by atoms with E-state index in [1.807, 2.05) is 11.9 Å². The van der Waals surface area contributed by atoms with Crippen LogP contribution in [0.2, 0.25) is 5.02 Å². The van der Waals surface area contributed by atoms with E-state index in [2.05, 4.69) is 5.32 Å². The Morgan fingerprint density at radius 2 is 1.89 bits per heavy atom. The van der Waals surface area contributed by atoms with Crippen molar-refractivity contribution in [2.24, 2.45) is 5.92 Å². The maximum Gasteiger partial charge on any atom is 0.255 e. The number of thioether (sulfide) groups is 1. The molecule has 1 atom stereocenters. The summed E-state index contributed by atoms with van der Waals surface area (Å²) in [6.07, 6.45) is 3.27. The Hall–Kier alpha value is -0.950. The quantitative estimate of drug-likeness (QED) is 0.777. The lowest BCUT2D eigenvalue weighted by Gasteiger charge is -2.35. The standard InChI is InChI=1S/C19H26ClN3O2S.ClH/c1-21-9-6-14-7-10-22(11-8-14)19(25)17-12-26-13-23(17)18(24)15-2-4-16(20)5-3-15;/h2-5,14,17,21H,6-13H2,1H3;1H. The van der Waals surface area contributed by atoms with Crippen LogP contribution < -0.4 is 5.32 Å².